The Morgan fingerprint density at radius 1 is 1.42 bits per heavy atom. The highest BCUT2D eigenvalue weighted by atomic mass is 79.9. The largest absolute Gasteiger partial charge is 0.457 e. The predicted octanol–water partition coefficient (Wildman–Crippen LogP) is 3.31. The number of halogens is 2. The second-order valence-corrected chi connectivity index (χ2v) is 4.19. The van der Waals surface area contributed by atoms with Crippen LogP contribution in [0.1, 0.15) is 10.6 Å². The number of carbonyl (C=O) groups is 1. The van der Waals surface area contributed by atoms with Gasteiger partial charge in [-0.15, -0.1) is 0 Å². The maximum atomic E-state index is 13.6. The zero-order valence-corrected chi connectivity index (χ0v) is 10.7. The molecule has 0 unspecified atom stereocenters. The number of benzene rings is 1. The first-order chi connectivity index (χ1) is 9.00. The first kappa shape index (κ1) is 13.2. The van der Waals surface area contributed by atoms with Crippen LogP contribution in [0.4, 0.5) is 10.1 Å². The summed E-state index contributed by atoms with van der Waals surface area (Å²) in [5.41, 5.74) is -0.922. The van der Waals surface area contributed by atoms with Gasteiger partial charge >= 0.3 is 11.7 Å². The van der Waals surface area contributed by atoms with Gasteiger partial charge < -0.3 is 9.15 Å². The lowest BCUT2D eigenvalue weighted by Crippen LogP contribution is -2.09. The Kier molecular flexibility index (Phi) is 3.61. The lowest BCUT2D eigenvalue weighted by molar-refractivity contribution is -0.388. The summed E-state index contributed by atoms with van der Waals surface area (Å²) < 4.78 is 23.0. The van der Waals surface area contributed by atoms with E-state index < -0.39 is 28.1 Å². The van der Waals surface area contributed by atoms with E-state index in [4.69, 9.17) is 9.15 Å². The van der Waals surface area contributed by atoms with Crippen molar-refractivity contribution < 1.29 is 23.3 Å². The quantitative estimate of drug-likeness (QED) is 0.373. The topological polar surface area (TPSA) is 82.6 Å². The molecule has 0 spiro atoms. The van der Waals surface area contributed by atoms with Crippen molar-refractivity contribution in [1.82, 2.24) is 0 Å². The smallest absolute Gasteiger partial charge is 0.379 e. The standard InChI is InChI=1S/C11H5BrFNO5/c12-6-3-4-7(10(9(6)13)14(16)17)19-11(15)8-2-1-5-18-8/h1-5H. The van der Waals surface area contributed by atoms with E-state index in [2.05, 4.69) is 15.9 Å². The molecular formula is C11H5BrFNO5. The van der Waals surface area contributed by atoms with E-state index >= 15 is 0 Å². The van der Waals surface area contributed by atoms with Gasteiger partial charge in [-0.1, -0.05) is 0 Å². The maximum Gasteiger partial charge on any atom is 0.379 e. The fourth-order valence-corrected chi connectivity index (χ4v) is 1.64. The zero-order chi connectivity index (χ0) is 14.0. The Morgan fingerprint density at radius 2 is 2.16 bits per heavy atom. The van der Waals surface area contributed by atoms with Gasteiger partial charge in [0.15, 0.2) is 0 Å². The fraction of sp³-hybridized carbons (Fsp3) is 0. The van der Waals surface area contributed by atoms with E-state index in [-0.39, 0.29) is 10.2 Å². The Balaban J connectivity index is 2.38. The Hall–Kier alpha value is -2.22. The Bertz CT molecular complexity index is 641. The molecular weight excluding hydrogens is 325 g/mol. The Labute approximate surface area is 114 Å². The van der Waals surface area contributed by atoms with Crippen LogP contribution in [0, 0.1) is 15.9 Å². The minimum absolute atomic E-state index is 0.100. The fourth-order valence-electron chi connectivity index (χ4n) is 1.32. The third-order valence-corrected chi connectivity index (χ3v) is 2.75. The van der Waals surface area contributed by atoms with Gasteiger partial charge in [0.05, 0.1) is 15.7 Å². The zero-order valence-electron chi connectivity index (χ0n) is 9.13. The average molecular weight is 330 g/mol. The molecule has 1 aromatic heterocycles. The van der Waals surface area contributed by atoms with Crippen LogP contribution in [0.15, 0.2) is 39.4 Å². The summed E-state index contributed by atoms with van der Waals surface area (Å²) in [6.07, 6.45) is 1.24. The monoisotopic (exact) mass is 329 g/mol. The number of nitro groups is 1. The number of hydrogen-bond acceptors (Lipinski definition) is 5. The van der Waals surface area contributed by atoms with Gasteiger partial charge in [-0.05, 0) is 40.2 Å². The lowest BCUT2D eigenvalue weighted by Gasteiger charge is -2.04. The molecule has 0 radical (unpaired) electrons. The maximum absolute atomic E-state index is 13.6. The molecule has 19 heavy (non-hydrogen) atoms. The van der Waals surface area contributed by atoms with Gasteiger partial charge in [0.1, 0.15) is 0 Å². The van der Waals surface area contributed by atoms with Gasteiger partial charge in [0.2, 0.25) is 17.3 Å². The first-order valence-corrected chi connectivity index (χ1v) is 5.68. The third kappa shape index (κ3) is 2.63. The van der Waals surface area contributed by atoms with Crippen LogP contribution in [0.2, 0.25) is 0 Å². The number of nitro benzene ring substituents is 1. The molecule has 8 heteroatoms. The van der Waals surface area contributed by atoms with Gasteiger partial charge in [-0.2, -0.15) is 4.39 Å². The van der Waals surface area contributed by atoms with Crippen molar-refractivity contribution in [3.63, 3.8) is 0 Å². The van der Waals surface area contributed by atoms with Crippen molar-refractivity contribution in [3.05, 3.63) is 56.7 Å². The summed E-state index contributed by atoms with van der Waals surface area (Å²) in [5.74, 6) is -2.70. The second kappa shape index (κ2) is 5.19. The minimum Gasteiger partial charge on any atom is -0.457 e. The molecule has 0 aliphatic rings. The normalized spacial score (nSPS) is 10.2. The minimum atomic E-state index is -1.12. The SMILES string of the molecule is O=C(Oc1ccc(Br)c(F)c1[N+](=O)[O-])c1ccco1. The van der Waals surface area contributed by atoms with E-state index in [1.54, 1.807) is 0 Å². The number of rotatable bonds is 3. The molecule has 0 aliphatic heterocycles. The van der Waals surface area contributed by atoms with Crippen LogP contribution >= 0.6 is 15.9 Å². The summed E-state index contributed by atoms with van der Waals surface area (Å²) in [7, 11) is 0. The average Bonchev–Trinajstić information content (AvgIpc) is 2.87. The van der Waals surface area contributed by atoms with Crippen molar-refractivity contribution in [3.8, 4) is 5.75 Å². The van der Waals surface area contributed by atoms with Gasteiger partial charge in [0, 0.05) is 0 Å². The van der Waals surface area contributed by atoms with Crippen molar-refractivity contribution in [1.29, 1.82) is 0 Å². The van der Waals surface area contributed by atoms with Crippen LogP contribution in [0.3, 0.4) is 0 Å². The van der Waals surface area contributed by atoms with E-state index in [9.17, 15) is 19.3 Å². The molecule has 2 aromatic rings. The molecule has 1 aromatic carbocycles. The first-order valence-electron chi connectivity index (χ1n) is 4.88. The molecule has 0 fully saturated rings. The van der Waals surface area contributed by atoms with E-state index in [0.717, 1.165) is 6.07 Å². The number of nitrogens with zero attached hydrogens (tertiary/aromatic N) is 1. The highest BCUT2D eigenvalue weighted by molar-refractivity contribution is 9.10. The number of esters is 1. The number of carbonyl (C=O) groups excluding carboxylic acids is 1. The van der Waals surface area contributed by atoms with Crippen molar-refractivity contribution in [2.75, 3.05) is 0 Å². The van der Waals surface area contributed by atoms with Gasteiger partial charge in [-0.3, -0.25) is 10.1 Å². The van der Waals surface area contributed by atoms with Gasteiger partial charge in [-0.25, -0.2) is 4.79 Å². The molecule has 0 atom stereocenters. The van der Waals surface area contributed by atoms with Crippen molar-refractivity contribution >= 4 is 27.6 Å². The summed E-state index contributed by atoms with van der Waals surface area (Å²) in [6, 6.07) is 5.09. The second-order valence-electron chi connectivity index (χ2n) is 3.33. The number of hydrogen-bond donors (Lipinski definition) is 0. The van der Waals surface area contributed by atoms with E-state index in [1.165, 1.54) is 24.5 Å². The van der Waals surface area contributed by atoms with Crippen LogP contribution in [-0.4, -0.2) is 10.9 Å². The summed E-state index contributed by atoms with van der Waals surface area (Å²) in [5, 5.41) is 10.8. The molecule has 2 rings (SSSR count). The van der Waals surface area contributed by atoms with E-state index in [1.807, 2.05) is 0 Å². The van der Waals surface area contributed by atoms with Crippen LogP contribution in [0.5, 0.6) is 5.75 Å². The molecule has 1 heterocycles. The number of furan rings is 1. The molecule has 6 nitrogen and oxygen atoms in total. The molecule has 98 valence electrons. The highest BCUT2D eigenvalue weighted by Gasteiger charge is 2.26. The van der Waals surface area contributed by atoms with Crippen molar-refractivity contribution in [2.45, 2.75) is 0 Å². The predicted molar refractivity (Wildman–Crippen MR) is 64.4 cm³/mol. The van der Waals surface area contributed by atoms with Crippen LogP contribution in [-0.2, 0) is 0 Å². The molecule has 0 N–H and O–H groups in total. The molecule has 0 bridgehead atoms. The molecule has 0 amide bonds. The summed E-state index contributed by atoms with van der Waals surface area (Å²) in [4.78, 5) is 21.4. The van der Waals surface area contributed by atoms with Crippen LogP contribution in [0.25, 0.3) is 0 Å². The summed E-state index contributed by atoms with van der Waals surface area (Å²) >= 11 is 2.82. The Morgan fingerprint density at radius 3 is 2.74 bits per heavy atom. The van der Waals surface area contributed by atoms with Crippen LogP contribution < -0.4 is 4.74 Å². The van der Waals surface area contributed by atoms with E-state index in [0.29, 0.717) is 0 Å². The number of ether oxygens (including phenoxy) is 1. The summed E-state index contributed by atoms with van der Waals surface area (Å²) in [6.45, 7) is 0. The highest BCUT2D eigenvalue weighted by Crippen LogP contribution is 2.34. The third-order valence-electron chi connectivity index (χ3n) is 2.14. The van der Waals surface area contributed by atoms with Crippen molar-refractivity contribution in [2.24, 2.45) is 0 Å². The molecule has 0 aliphatic carbocycles. The molecule has 0 saturated carbocycles. The lowest BCUT2D eigenvalue weighted by atomic mass is 10.3. The molecule has 0 saturated heterocycles. The van der Waals surface area contributed by atoms with Gasteiger partial charge in [0.25, 0.3) is 0 Å².